The Hall–Kier alpha value is -3.14. The SMILES string of the molecule is O=C(Cc1cccc(OCc2ccccc2)c1)Nc1ccc(F)cc1. The Bertz CT molecular complexity index is 832. The second-order valence-electron chi connectivity index (χ2n) is 5.65. The maximum atomic E-state index is 12.9. The smallest absolute Gasteiger partial charge is 0.228 e. The van der Waals surface area contributed by atoms with Crippen LogP contribution in [-0.2, 0) is 17.8 Å². The van der Waals surface area contributed by atoms with Gasteiger partial charge in [-0.3, -0.25) is 4.79 Å². The lowest BCUT2D eigenvalue weighted by Gasteiger charge is -2.09. The topological polar surface area (TPSA) is 38.3 Å². The average molecular weight is 335 g/mol. The number of rotatable bonds is 6. The summed E-state index contributed by atoms with van der Waals surface area (Å²) in [6.07, 6.45) is 0.222. The molecule has 3 aromatic rings. The van der Waals surface area contributed by atoms with Gasteiger partial charge in [0.25, 0.3) is 0 Å². The van der Waals surface area contributed by atoms with Crippen LogP contribution < -0.4 is 10.1 Å². The Labute approximate surface area is 146 Å². The van der Waals surface area contributed by atoms with E-state index in [9.17, 15) is 9.18 Å². The lowest BCUT2D eigenvalue weighted by molar-refractivity contribution is -0.115. The van der Waals surface area contributed by atoms with E-state index in [-0.39, 0.29) is 18.1 Å². The van der Waals surface area contributed by atoms with Gasteiger partial charge in [0.05, 0.1) is 6.42 Å². The number of hydrogen-bond acceptors (Lipinski definition) is 2. The minimum absolute atomic E-state index is 0.160. The molecule has 0 aromatic heterocycles. The molecule has 4 heteroatoms. The number of amides is 1. The maximum absolute atomic E-state index is 12.9. The molecule has 0 aliphatic rings. The van der Waals surface area contributed by atoms with E-state index in [1.165, 1.54) is 24.3 Å². The number of carbonyl (C=O) groups is 1. The van der Waals surface area contributed by atoms with E-state index in [2.05, 4.69) is 5.32 Å². The minimum Gasteiger partial charge on any atom is -0.489 e. The van der Waals surface area contributed by atoms with Gasteiger partial charge < -0.3 is 10.1 Å². The number of halogens is 1. The van der Waals surface area contributed by atoms with Gasteiger partial charge in [-0.25, -0.2) is 4.39 Å². The van der Waals surface area contributed by atoms with Crippen molar-refractivity contribution < 1.29 is 13.9 Å². The molecule has 126 valence electrons. The van der Waals surface area contributed by atoms with E-state index < -0.39 is 0 Å². The van der Waals surface area contributed by atoms with Gasteiger partial charge >= 0.3 is 0 Å². The van der Waals surface area contributed by atoms with Crippen LogP contribution in [0.4, 0.5) is 10.1 Å². The van der Waals surface area contributed by atoms with Crippen molar-refractivity contribution in [2.75, 3.05) is 5.32 Å². The second kappa shape index (κ2) is 8.11. The summed E-state index contributed by atoms with van der Waals surface area (Å²) in [7, 11) is 0. The average Bonchev–Trinajstić information content (AvgIpc) is 2.63. The Balaban J connectivity index is 1.57. The van der Waals surface area contributed by atoms with E-state index >= 15 is 0 Å². The van der Waals surface area contributed by atoms with Crippen LogP contribution in [0.2, 0.25) is 0 Å². The summed E-state index contributed by atoms with van der Waals surface area (Å²) in [5.74, 6) is 0.226. The van der Waals surface area contributed by atoms with E-state index in [0.29, 0.717) is 12.3 Å². The van der Waals surface area contributed by atoms with E-state index in [4.69, 9.17) is 4.74 Å². The lowest BCUT2D eigenvalue weighted by Crippen LogP contribution is -2.14. The first-order valence-electron chi connectivity index (χ1n) is 8.00. The number of anilines is 1. The molecule has 0 aliphatic carbocycles. The van der Waals surface area contributed by atoms with Crippen LogP contribution in [0.3, 0.4) is 0 Å². The second-order valence-corrected chi connectivity index (χ2v) is 5.65. The molecular weight excluding hydrogens is 317 g/mol. The zero-order chi connectivity index (χ0) is 17.5. The largest absolute Gasteiger partial charge is 0.489 e. The molecule has 1 amide bonds. The van der Waals surface area contributed by atoms with Crippen molar-refractivity contribution >= 4 is 11.6 Å². The fourth-order valence-corrected chi connectivity index (χ4v) is 2.41. The fraction of sp³-hybridized carbons (Fsp3) is 0.0952. The van der Waals surface area contributed by atoms with Crippen molar-refractivity contribution in [1.29, 1.82) is 0 Å². The first-order chi connectivity index (χ1) is 12.2. The summed E-state index contributed by atoms with van der Waals surface area (Å²) in [6, 6.07) is 23.0. The molecule has 0 heterocycles. The van der Waals surface area contributed by atoms with Crippen molar-refractivity contribution in [2.45, 2.75) is 13.0 Å². The molecule has 3 nitrogen and oxygen atoms in total. The number of nitrogens with one attached hydrogen (secondary N) is 1. The number of ether oxygens (including phenoxy) is 1. The van der Waals surface area contributed by atoms with Crippen LogP contribution in [0.5, 0.6) is 5.75 Å². The molecule has 0 saturated carbocycles. The summed E-state index contributed by atoms with van der Waals surface area (Å²) in [5, 5.41) is 2.75. The number of carbonyl (C=O) groups excluding carboxylic acids is 1. The van der Waals surface area contributed by atoms with Crippen LogP contribution >= 0.6 is 0 Å². The summed E-state index contributed by atoms with van der Waals surface area (Å²) >= 11 is 0. The molecular formula is C21H18FNO2. The van der Waals surface area contributed by atoms with Crippen molar-refractivity contribution in [3.05, 3.63) is 95.8 Å². The predicted octanol–water partition coefficient (Wildman–Crippen LogP) is 4.59. The number of hydrogen-bond donors (Lipinski definition) is 1. The molecule has 0 fully saturated rings. The van der Waals surface area contributed by atoms with Crippen LogP contribution in [0, 0.1) is 5.82 Å². The molecule has 0 radical (unpaired) electrons. The highest BCUT2D eigenvalue weighted by atomic mass is 19.1. The molecule has 3 aromatic carbocycles. The first kappa shape index (κ1) is 16.7. The van der Waals surface area contributed by atoms with Crippen molar-refractivity contribution in [1.82, 2.24) is 0 Å². The first-order valence-corrected chi connectivity index (χ1v) is 8.00. The van der Waals surface area contributed by atoms with Gasteiger partial charge in [-0.2, -0.15) is 0 Å². The molecule has 0 atom stereocenters. The summed E-state index contributed by atoms with van der Waals surface area (Å²) in [4.78, 5) is 12.1. The van der Waals surface area contributed by atoms with Gasteiger partial charge in [-0.05, 0) is 47.5 Å². The zero-order valence-electron chi connectivity index (χ0n) is 13.6. The van der Waals surface area contributed by atoms with Gasteiger partial charge in [0.2, 0.25) is 5.91 Å². The molecule has 0 unspecified atom stereocenters. The van der Waals surface area contributed by atoms with Crippen LogP contribution in [0.25, 0.3) is 0 Å². The Morgan fingerprint density at radius 3 is 2.36 bits per heavy atom. The zero-order valence-corrected chi connectivity index (χ0v) is 13.6. The Morgan fingerprint density at radius 2 is 1.60 bits per heavy atom. The Kier molecular flexibility index (Phi) is 5.42. The monoisotopic (exact) mass is 335 g/mol. The summed E-state index contributed by atoms with van der Waals surface area (Å²) in [6.45, 7) is 0.478. The van der Waals surface area contributed by atoms with Gasteiger partial charge in [-0.15, -0.1) is 0 Å². The van der Waals surface area contributed by atoms with Crippen LogP contribution in [0.1, 0.15) is 11.1 Å². The van der Waals surface area contributed by atoms with Crippen molar-refractivity contribution in [3.63, 3.8) is 0 Å². The standard InChI is InChI=1S/C21H18FNO2/c22-18-9-11-19(12-10-18)23-21(24)14-17-7-4-8-20(13-17)25-15-16-5-2-1-3-6-16/h1-13H,14-15H2,(H,23,24). The fourth-order valence-electron chi connectivity index (χ4n) is 2.41. The van der Waals surface area contributed by atoms with Crippen molar-refractivity contribution in [3.8, 4) is 5.75 Å². The summed E-state index contributed by atoms with van der Waals surface area (Å²) < 4.78 is 18.7. The van der Waals surface area contributed by atoms with E-state index in [1.807, 2.05) is 54.6 Å². The molecule has 0 bridgehead atoms. The maximum Gasteiger partial charge on any atom is 0.228 e. The van der Waals surface area contributed by atoms with Gasteiger partial charge in [0.1, 0.15) is 18.2 Å². The third kappa shape index (κ3) is 5.18. The summed E-state index contributed by atoms with van der Waals surface area (Å²) in [5.41, 5.74) is 2.51. The molecule has 25 heavy (non-hydrogen) atoms. The highest BCUT2D eigenvalue weighted by Gasteiger charge is 2.06. The van der Waals surface area contributed by atoms with Gasteiger partial charge in [0, 0.05) is 5.69 Å². The molecule has 1 N–H and O–H groups in total. The third-order valence-corrected chi connectivity index (χ3v) is 3.64. The van der Waals surface area contributed by atoms with Crippen molar-refractivity contribution in [2.24, 2.45) is 0 Å². The van der Waals surface area contributed by atoms with Gasteiger partial charge in [0.15, 0.2) is 0 Å². The molecule has 0 aliphatic heterocycles. The van der Waals surface area contributed by atoms with Crippen LogP contribution in [-0.4, -0.2) is 5.91 Å². The lowest BCUT2D eigenvalue weighted by atomic mass is 10.1. The van der Waals surface area contributed by atoms with E-state index in [0.717, 1.165) is 16.9 Å². The predicted molar refractivity (Wildman–Crippen MR) is 95.9 cm³/mol. The molecule has 0 spiro atoms. The van der Waals surface area contributed by atoms with E-state index in [1.54, 1.807) is 0 Å². The highest BCUT2D eigenvalue weighted by Crippen LogP contribution is 2.16. The highest BCUT2D eigenvalue weighted by molar-refractivity contribution is 5.92. The molecule has 3 rings (SSSR count). The van der Waals surface area contributed by atoms with Crippen LogP contribution in [0.15, 0.2) is 78.9 Å². The Morgan fingerprint density at radius 1 is 0.880 bits per heavy atom. The van der Waals surface area contributed by atoms with Gasteiger partial charge in [-0.1, -0.05) is 42.5 Å². The third-order valence-electron chi connectivity index (χ3n) is 3.64. The minimum atomic E-state index is -0.332. The quantitative estimate of drug-likeness (QED) is 0.716. The normalized spacial score (nSPS) is 10.3. The molecule has 0 saturated heterocycles. The number of benzene rings is 3.